The lowest BCUT2D eigenvalue weighted by Crippen LogP contribution is -2.11. The number of thioether (sulfide) groups is 2. The summed E-state index contributed by atoms with van der Waals surface area (Å²) in [6.07, 6.45) is 0. The van der Waals surface area contributed by atoms with Crippen LogP contribution in [0.4, 0.5) is 0 Å². The number of benzene rings is 2. The Morgan fingerprint density at radius 3 is 1.43 bits per heavy atom. The third-order valence-corrected chi connectivity index (χ3v) is 8.51. The third kappa shape index (κ3) is 4.35. The second kappa shape index (κ2) is 9.14. The molecule has 0 fully saturated rings. The second-order valence-corrected chi connectivity index (χ2v) is 9.53. The first kappa shape index (κ1) is 20.8. The van der Waals surface area contributed by atoms with Gasteiger partial charge in [0.1, 0.15) is 13.2 Å². The number of carbonyl (C=O) groups excluding carboxylic acids is 2. The SMILES string of the molecule is CC1=C(C(=O)OCc2ccccc2)SC2C(C)=C(C(=O)OCc3ccccc3)SC12. The molecule has 2 aromatic rings. The number of ether oxygens (including phenoxy) is 2. The smallest absolute Gasteiger partial charge is 0.344 e. The van der Waals surface area contributed by atoms with Gasteiger partial charge in [0.2, 0.25) is 0 Å². The average Bonchev–Trinajstić information content (AvgIpc) is 3.28. The van der Waals surface area contributed by atoms with E-state index in [9.17, 15) is 9.59 Å². The standard InChI is InChI=1S/C24H22O4S2/c1-15-19-20(30-21(15)23(25)27-13-17-9-5-3-6-10-17)16(2)22(29-19)24(26)28-14-18-11-7-4-8-12-18/h3-12,19-20H,13-14H2,1-2H3. The summed E-state index contributed by atoms with van der Waals surface area (Å²) in [6.45, 7) is 4.42. The van der Waals surface area contributed by atoms with Crippen LogP contribution in [0.5, 0.6) is 0 Å². The molecule has 0 bridgehead atoms. The Hall–Kier alpha value is -2.44. The van der Waals surface area contributed by atoms with E-state index in [1.54, 1.807) is 0 Å². The number of rotatable bonds is 6. The van der Waals surface area contributed by atoms with E-state index in [4.69, 9.17) is 9.47 Å². The minimum Gasteiger partial charge on any atom is -0.457 e. The zero-order valence-corrected chi connectivity index (χ0v) is 18.4. The molecule has 0 aliphatic carbocycles. The highest BCUT2D eigenvalue weighted by molar-refractivity contribution is 8.10. The van der Waals surface area contributed by atoms with Crippen LogP contribution in [-0.4, -0.2) is 22.4 Å². The molecule has 30 heavy (non-hydrogen) atoms. The molecule has 0 N–H and O–H groups in total. The third-order valence-electron chi connectivity index (χ3n) is 5.13. The number of carbonyl (C=O) groups is 2. The lowest BCUT2D eigenvalue weighted by atomic mass is 10.1. The van der Waals surface area contributed by atoms with E-state index in [2.05, 4.69) is 0 Å². The molecule has 4 rings (SSSR count). The molecule has 6 heteroatoms. The molecule has 2 atom stereocenters. The van der Waals surface area contributed by atoms with Crippen molar-refractivity contribution in [2.24, 2.45) is 0 Å². The molecular weight excluding hydrogens is 416 g/mol. The fourth-order valence-electron chi connectivity index (χ4n) is 3.45. The van der Waals surface area contributed by atoms with Crippen molar-refractivity contribution in [2.75, 3.05) is 0 Å². The van der Waals surface area contributed by atoms with Crippen LogP contribution in [0.25, 0.3) is 0 Å². The summed E-state index contributed by atoms with van der Waals surface area (Å²) >= 11 is 2.99. The molecule has 2 aliphatic heterocycles. The van der Waals surface area contributed by atoms with Gasteiger partial charge in [0.15, 0.2) is 0 Å². The van der Waals surface area contributed by atoms with Gasteiger partial charge in [0.05, 0.1) is 9.81 Å². The zero-order chi connectivity index (χ0) is 21.1. The number of fused-ring (bicyclic) bond motifs is 1. The maximum absolute atomic E-state index is 12.6. The van der Waals surface area contributed by atoms with E-state index in [0.717, 1.165) is 22.3 Å². The molecule has 0 saturated carbocycles. The van der Waals surface area contributed by atoms with Crippen molar-refractivity contribution in [1.82, 2.24) is 0 Å². The van der Waals surface area contributed by atoms with Gasteiger partial charge < -0.3 is 9.47 Å². The van der Waals surface area contributed by atoms with Gasteiger partial charge in [-0.2, -0.15) is 0 Å². The Bertz CT molecular complexity index is 929. The summed E-state index contributed by atoms with van der Waals surface area (Å²) < 4.78 is 11.0. The second-order valence-electron chi connectivity index (χ2n) is 7.22. The molecule has 0 spiro atoms. The fourth-order valence-corrected chi connectivity index (χ4v) is 6.62. The van der Waals surface area contributed by atoms with Gasteiger partial charge in [-0.15, -0.1) is 23.5 Å². The van der Waals surface area contributed by atoms with Gasteiger partial charge in [0.25, 0.3) is 0 Å². The molecule has 0 amide bonds. The van der Waals surface area contributed by atoms with Crippen molar-refractivity contribution in [3.8, 4) is 0 Å². The monoisotopic (exact) mass is 438 g/mol. The van der Waals surface area contributed by atoms with Crippen molar-refractivity contribution in [3.63, 3.8) is 0 Å². The fraction of sp³-hybridized carbons (Fsp3) is 0.250. The van der Waals surface area contributed by atoms with Crippen molar-refractivity contribution in [3.05, 3.63) is 92.7 Å². The lowest BCUT2D eigenvalue weighted by Gasteiger charge is -2.10. The van der Waals surface area contributed by atoms with Crippen molar-refractivity contribution >= 4 is 35.5 Å². The van der Waals surface area contributed by atoms with Crippen LogP contribution in [0.15, 0.2) is 81.6 Å². The van der Waals surface area contributed by atoms with E-state index in [-0.39, 0.29) is 35.7 Å². The zero-order valence-electron chi connectivity index (χ0n) is 16.8. The average molecular weight is 439 g/mol. The predicted octanol–water partition coefficient (Wildman–Crippen LogP) is 5.25. The van der Waals surface area contributed by atoms with Gasteiger partial charge in [-0.25, -0.2) is 9.59 Å². The Balaban J connectivity index is 1.37. The Labute approximate surface area is 184 Å². The molecule has 0 radical (unpaired) electrons. The van der Waals surface area contributed by atoms with Crippen LogP contribution < -0.4 is 0 Å². The number of hydrogen-bond acceptors (Lipinski definition) is 6. The highest BCUT2D eigenvalue weighted by Gasteiger charge is 2.45. The van der Waals surface area contributed by atoms with Crippen LogP contribution in [0, 0.1) is 0 Å². The molecule has 4 nitrogen and oxygen atoms in total. The topological polar surface area (TPSA) is 52.6 Å². The summed E-state index contributed by atoms with van der Waals surface area (Å²) in [7, 11) is 0. The van der Waals surface area contributed by atoms with Crippen LogP contribution >= 0.6 is 23.5 Å². The molecule has 0 aromatic heterocycles. The first-order valence-electron chi connectivity index (χ1n) is 9.71. The van der Waals surface area contributed by atoms with Gasteiger partial charge in [-0.3, -0.25) is 0 Å². The molecule has 2 unspecified atom stereocenters. The predicted molar refractivity (Wildman–Crippen MR) is 121 cm³/mol. The molecule has 154 valence electrons. The maximum atomic E-state index is 12.6. The maximum Gasteiger partial charge on any atom is 0.344 e. The van der Waals surface area contributed by atoms with E-state index in [1.807, 2.05) is 74.5 Å². The minimum atomic E-state index is -0.294. The van der Waals surface area contributed by atoms with Gasteiger partial charge in [0, 0.05) is 10.5 Å². The molecule has 2 heterocycles. The highest BCUT2D eigenvalue weighted by Crippen LogP contribution is 2.54. The van der Waals surface area contributed by atoms with Gasteiger partial charge >= 0.3 is 11.9 Å². The number of hydrogen-bond donors (Lipinski definition) is 0. The quantitative estimate of drug-likeness (QED) is 0.574. The van der Waals surface area contributed by atoms with Gasteiger partial charge in [-0.05, 0) is 36.1 Å². The summed E-state index contributed by atoms with van der Waals surface area (Å²) in [5.41, 5.74) is 3.86. The summed E-state index contributed by atoms with van der Waals surface area (Å²) in [4.78, 5) is 26.6. The number of esters is 2. The molecule has 2 aromatic carbocycles. The summed E-state index contributed by atoms with van der Waals surface area (Å²) in [5.74, 6) is -0.588. The highest BCUT2D eigenvalue weighted by atomic mass is 32.2. The summed E-state index contributed by atoms with van der Waals surface area (Å²) in [5, 5.41) is 0.127. The molecule has 2 aliphatic rings. The first-order valence-corrected chi connectivity index (χ1v) is 11.5. The first-order chi connectivity index (χ1) is 14.5. The van der Waals surface area contributed by atoms with Crippen molar-refractivity contribution in [1.29, 1.82) is 0 Å². The van der Waals surface area contributed by atoms with Crippen LogP contribution in [0.1, 0.15) is 25.0 Å². The van der Waals surface area contributed by atoms with E-state index < -0.39 is 0 Å². The minimum absolute atomic E-state index is 0.0635. The molecular formula is C24H22O4S2. The van der Waals surface area contributed by atoms with Crippen LogP contribution in [0.3, 0.4) is 0 Å². The Morgan fingerprint density at radius 1 is 0.700 bits per heavy atom. The van der Waals surface area contributed by atoms with E-state index >= 15 is 0 Å². The van der Waals surface area contributed by atoms with Crippen molar-refractivity contribution < 1.29 is 19.1 Å². The largest absolute Gasteiger partial charge is 0.457 e. The van der Waals surface area contributed by atoms with E-state index in [1.165, 1.54) is 23.5 Å². The Kier molecular flexibility index (Phi) is 6.35. The molecule has 0 saturated heterocycles. The lowest BCUT2D eigenvalue weighted by molar-refractivity contribution is -0.140. The normalized spacial score (nSPS) is 20.3. The van der Waals surface area contributed by atoms with Crippen molar-refractivity contribution in [2.45, 2.75) is 37.6 Å². The Morgan fingerprint density at radius 2 is 1.07 bits per heavy atom. The summed E-state index contributed by atoms with van der Waals surface area (Å²) in [6, 6.07) is 19.3. The van der Waals surface area contributed by atoms with Crippen LogP contribution in [-0.2, 0) is 32.3 Å². The van der Waals surface area contributed by atoms with Crippen LogP contribution in [0.2, 0.25) is 0 Å². The van der Waals surface area contributed by atoms with E-state index in [0.29, 0.717) is 9.81 Å². The van der Waals surface area contributed by atoms with Gasteiger partial charge in [-0.1, -0.05) is 60.7 Å².